The normalized spacial score (nSPS) is 11.4. The second-order valence-electron chi connectivity index (χ2n) is 6.84. The predicted octanol–water partition coefficient (Wildman–Crippen LogP) is 4.49. The topological polar surface area (TPSA) is 67.2 Å². The number of hydrogen-bond acceptors (Lipinski definition) is 4. The van der Waals surface area contributed by atoms with Gasteiger partial charge >= 0.3 is 0 Å². The Morgan fingerprint density at radius 1 is 1.19 bits per heavy atom. The molecule has 3 rings (SSSR count). The number of hydrogen-bond donors (Lipinski definition) is 2. The van der Waals surface area contributed by atoms with Crippen molar-refractivity contribution in [3.05, 3.63) is 48.3 Å². The van der Waals surface area contributed by atoms with Gasteiger partial charge in [-0.25, -0.2) is 9.37 Å². The molecule has 0 aliphatic rings. The van der Waals surface area contributed by atoms with Crippen molar-refractivity contribution < 1.29 is 13.6 Å². The number of anilines is 1. The summed E-state index contributed by atoms with van der Waals surface area (Å²) in [5.74, 6) is -0.373. The fourth-order valence-corrected chi connectivity index (χ4v) is 2.42. The first-order chi connectivity index (χ1) is 12.2. The number of carbonyl (C=O) groups is 1. The molecule has 0 fully saturated rings. The molecule has 0 spiro atoms. The van der Waals surface area contributed by atoms with Crippen LogP contribution in [0.1, 0.15) is 20.8 Å². The van der Waals surface area contributed by atoms with Crippen molar-refractivity contribution in [2.24, 2.45) is 5.41 Å². The second kappa shape index (κ2) is 6.84. The van der Waals surface area contributed by atoms with Crippen molar-refractivity contribution >= 4 is 40.0 Å². The van der Waals surface area contributed by atoms with E-state index in [-0.39, 0.29) is 16.9 Å². The predicted molar refractivity (Wildman–Crippen MR) is 103 cm³/mol. The average Bonchev–Trinajstić information content (AvgIpc) is 2.97. The minimum absolute atomic E-state index is 0.181. The Morgan fingerprint density at radius 2 is 1.92 bits per heavy atom. The van der Waals surface area contributed by atoms with Crippen LogP contribution in [0, 0.1) is 11.2 Å². The third kappa shape index (κ3) is 3.88. The number of carbonyl (C=O) groups excluding carboxylic acids is 1. The van der Waals surface area contributed by atoms with E-state index < -0.39 is 11.2 Å². The SMILES string of the molecule is CC(C)(C)C(=O)NC(=S)Nc1ccc2oc(-c3ccccc3F)nc2c1. The van der Waals surface area contributed by atoms with Crippen molar-refractivity contribution in [1.82, 2.24) is 10.3 Å². The average molecular weight is 371 g/mol. The van der Waals surface area contributed by atoms with E-state index in [4.69, 9.17) is 16.6 Å². The third-order valence-electron chi connectivity index (χ3n) is 3.66. The molecule has 1 aromatic heterocycles. The summed E-state index contributed by atoms with van der Waals surface area (Å²) in [6.45, 7) is 5.41. The fourth-order valence-electron chi connectivity index (χ4n) is 2.21. The molecule has 0 radical (unpaired) electrons. The van der Waals surface area contributed by atoms with Crippen molar-refractivity contribution in [3.8, 4) is 11.5 Å². The van der Waals surface area contributed by atoms with Crippen LogP contribution in [0.25, 0.3) is 22.6 Å². The van der Waals surface area contributed by atoms with Crippen LogP contribution in [0.3, 0.4) is 0 Å². The number of fused-ring (bicyclic) bond motifs is 1. The number of nitrogens with zero attached hydrogens (tertiary/aromatic N) is 1. The van der Waals surface area contributed by atoms with Crippen LogP contribution in [0.4, 0.5) is 10.1 Å². The number of halogens is 1. The molecular formula is C19H18FN3O2S. The summed E-state index contributed by atoms with van der Waals surface area (Å²) in [6, 6.07) is 11.5. The van der Waals surface area contributed by atoms with Crippen LogP contribution in [-0.4, -0.2) is 16.0 Å². The number of benzene rings is 2. The smallest absolute Gasteiger partial charge is 0.231 e. The van der Waals surface area contributed by atoms with Crippen molar-refractivity contribution in [2.75, 3.05) is 5.32 Å². The summed E-state index contributed by atoms with van der Waals surface area (Å²) in [4.78, 5) is 16.3. The molecule has 1 heterocycles. The molecule has 2 N–H and O–H groups in total. The summed E-state index contributed by atoms with van der Waals surface area (Å²) in [7, 11) is 0. The molecule has 0 aliphatic carbocycles. The van der Waals surface area contributed by atoms with Gasteiger partial charge in [-0.15, -0.1) is 0 Å². The molecule has 2 aromatic carbocycles. The number of aromatic nitrogens is 1. The van der Waals surface area contributed by atoms with Gasteiger partial charge in [0, 0.05) is 11.1 Å². The van der Waals surface area contributed by atoms with Gasteiger partial charge in [0.25, 0.3) is 0 Å². The van der Waals surface area contributed by atoms with Gasteiger partial charge in [-0.05, 0) is 42.5 Å². The Labute approximate surface area is 155 Å². The number of amides is 1. The highest BCUT2D eigenvalue weighted by Crippen LogP contribution is 2.27. The Hall–Kier alpha value is -2.80. The lowest BCUT2D eigenvalue weighted by molar-refractivity contribution is -0.126. The summed E-state index contributed by atoms with van der Waals surface area (Å²) in [5, 5.41) is 5.78. The molecular weight excluding hydrogens is 353 g/mol. The first-order valence-electron chi connectivity index (χ1n) is 8.02. The van der Waals surface area contributed by atoms with Gasteiger partial charge in [0.2, 0.25) is 11.8 Å². The number of nitrogens with one attached hydrogen (secondary N) is 2. The summed E-state index contributed by atoms with van der Waals surface area (Å²) in [6.07, 6.45) is 0. The van der Waals surface area contributed by atoms with E-state index in [0.29, 0.717) is 22.4 Å². The zero-order chi connectivity index (χ0) is 18.9. The van der Waals surface area contributed by atoms with Crippen molar-refractivity contribution in [2.45, 2.75) is 20.8 Å². The van der Waals surface area contributed by atoms with Gasteiger partial charge in [0.1, 0.15) is 11.3 Å². The molecule has 7 heteroatoms. The lowest BCUT2D eigenvalue weighted by atomic mass is 9.96. The molecule has 0 unspecified atom stereocenters. The maximum Gasteiger partial charge on any atom is 0.231 e. The van der Waals surface area contributed by atoms with Gasteiger partial charge in [-0.3, -0.25) is 4.79 Å². The van der Waals surface area contributed by atoms with E-state index in [1.165, 1.54) is 6.07 Å². The second-order valence-corrected chi connectivity index (χ2v) is 7.25. The molecule has 0 atom stereocenters. The van der Waals surface area contributed by atoms with Crippen LogP contribution in [0.15, 0.2) is 46.9 Å². The monoisotopic (exact) mass is 371 g/mol. The van der Waals surface area contributed by atoms with Crippen LogP contribution in [0.2, 0.25) is 0 Å². The van der Waals surface area contributed by atoms with Crippen LogP contribution in [-0.2, 0) is 4.79 Å². The molecule has 1 amide bonds. The highest BCUT2D eigenvalue weighted by atomic mass is 32.1. The highest BCUT2D eigenvalue weighted by molar-refractivity contribution is 7.80. The summed E-state index contributed by atoms with van der Waals surface area (Å²) >= 11 is 5.17. The van der Waals surface area contributed by atoms with E-state index in [1.807, 2.05) is 0 Å². The van der Waals surface area contributed by atoms with Crippen LogP contribution < -0.4 is 10.6 Å². The largest absolute Gasteiger partial charge is 0.436 e. The molecule has 0 saturated heterocycles. The molecule has 5 nitrogen and oxygen atoms in total. The van der Waals surface area contributed by atoms with E-state index in [9.17, 15) is 9.18 Å². The Morgan fingerprint density at radius 3 is 2.62 bits per heavy atom. The minimum atomic E-state index is -0.545. The number of rotatable bonds is 2. The van der Waals surface area contributed by atoms with Crippen LogP contribution in [0.5, 0.6) is 0 Å². The lowest BCUT2D eigenvalue weighted by Crippen LogP contribution is -2.41. The molecule has 134 valence electrons. The third-order valence-corrected chi connectivity index (χ3v) is 3.86. The quantitative estimate of drug-likeness (QED) is 0.650. The maximum absolute atomic E-state index is 13.9. The van der Waals surface area contributed by atoms with Gasteiger partial charge < -0.3 is 15.1 Å². The van der Waals surface area contributed by atoms with E-state index in [0.717, 1.165) is 0 Å². The summed E-state index contributed by atoms with van der Waals surface area (Å²) < 4.78 is 19.5. The molecule has 26 heavy (non-hydrogen) atoms. The first kappa shape index (κ1) is 18.0. The Balaban J connectivity index is 1.81. The summed E-state index contributed by atoms with van der Waals surface area (Å²) in [5.41, 5.74) is 1.48. The standard InChI is InChI=1S/C19H18FN3O2S/c1-19(2,3)17(24)23-18(26)21-11-8-9-15-14(10-11)22-16(25-15)12-6-4-5-7-13(12)20/h4-10H,1-3H3,(H2,21,23,24,26). The maximum atomic E-state index is 13.9. The van der Waals surface area contributed by atoms with E-state index in [1.54, 1.807) is 57.2 Å². The first-order valence-corrected chi connectivity index (χ1v) is 8.43. The van der Waals surface area contributed by atoms with Crippen molar-refractivity contribution in [3.63, 3.8) is 0 Å². The molecule has 3 aromatic rings. The molecule has 0 saturated carbocycles. The molecule has 0 aliphatic heterocycles. The van der Waals surface area contributed by atoms with E-state index >= 15 is 0 Å². The Bertz CT molecular complexity index is 992. The lowest BCUT2D eigenvalue weighted by Gasteiger charge is -2.18. The number of thiocarbonyl (C=S) groups is 1. The fraction of sp³-hybridized carbons (Fsp3) is 0.211. The number of oxazole rings is 1. The molecule has 0 bridgehead atoms. The highest BCUT2D eigenvalue weighted by Gasteiger charge is 2.22. The zero-order valence-electron chi connectivity index (χ0n) is 14.6. The van der Waals surface area contributed by atoms with Gasteiger partial charge in [-0.2, -0.15) is 0 Å². The van der Waals surface area contributed by atoms with Gasteiger partial charge in [0.15, 0.2) is 10.7 Å². The van der Waals surface area contributed by atoms with Crippen LogP contribution >= 0.6 is 12.2 Å². The Kier molecular flexibility index (Phi) is 4.73. The van der Waals surface area contributed by atoms with E-state index in [2.05, 4.69) is 15.6 Å². The van der Waals surface area contributed by atoms with Gasteiger partial charge in [-0.1, -0.05) is 32.9 Å². The van der Waals surface area contributed by atoms with Crippen molar-refractivity contribution in [1.29, 1.82) is 0 Å². The van der Waals surface area contributed by atoms with Gasteiger partial charge in [0.05, 0.1) is 5.56 Å². The zero-order valence-corrected chi connectivity index (χ0v) is 15.4. The minimum Gasteiger partial charge on any atom is -0.436 e.